The monoisotopic (exact) mass is 281 g/mol. The van der Waals surface area contributed by atoms with Gasteiger partial charge in [0.1, 0.15) is 5.82 Å². The number of nitro benzene ring substituents is 1. The van der Waals surface area contributed by atoms with Gasteiger partial charge in [0.25, 0.3) is 11.6 Å². The molecule has 1 aliphatic rings. The number of hydrogen-bond acceptors (Lipinski definition) is 4. The highest BCUT2D eigenvalue weighted by Gasteiger charge is 2.23. The van der Waals surface area contributed by atoms with Gasteiger partial charge in [-0.05, 0) is 25.5 Å². The molecule has 0 aromatic heterocycles. The fraction of sp³-hybridized carbons (Fsp3) is 0.462. The van der Waals surface area contributed by atoms with Gasteiger partial charge in [-0.25, -0.2) is 4.39 Å². The maximum Gasteiger partial charge on any atom is 0.270 e. The van der Waals surface area contributed by atoms with Crippen LogP contribution in [0.25, 0.3) is 0 Å². The lowest BCUT2D eigenvalue weighted by atomic mass is 10.1. The smallest absolute Gasteiger partial charge is 0.270 e. The van der Waals surface area contributed by atoms with E-state index in [-0.39, 0.29) is 17.3 Å². The van der Waals surface area contributed by atoms with Crippen molar-refractivity contribution in [1.82, 2.24) is 10.2 Å². The highest BCUT2D eigenvalue weighted by atomic mass is 19.1. The van der Waals surface area contributed by atoms with Crippen molar-refractivity contribution in [3.8, 4) is 0 Å². The van der Waals surface area contributed by atoms with Crippen LogP contribution in [0.5, 0.6) is 0 Å². The van der Waals surface area contributed by atoms with Gasteiger partial charge >= 0.3 is 0 Å². The van der Waals surface area contributed by atoms with Crippen LogP contribution in [0, 0.1) is 15.9 Å². The van der Waals surface area contributed by atoms with Gasteiger partial charge in [0.15, 0.2) is 0 Å². The summed E-state index contributed by atoms with van der Waals surface area (Å²) in [5.74, 6) is -1.29. The molecule has 1 saturated heterocycles. The van der Waals surface area contributed by atoms with Gasteiger partial charge in [-0.3, -0.25) is 14.9 Å². The Labute approximate surface area is 115 Å². The molecule has 1 atom stereocenters. The van der Waals surface area contributed by atoms with E-state index in [0.717, 1.165) is 37.6 Å². The van der Waals surface area contributed by atoms with Crippen molar-refractivity contribution >= 4 is 11.6 Å². The molecule has 1 N–H and O–H groups in total. The van der Waals surface area contributed by atoms with E-state index in [9.17, 15) is 19.3 Å². The van der Waals surface area contributed by atoms with Gasteiger partial charge < -0.3 is 10.2 Å². The Hall–Kier alpha value is -2.02. The fourth-order valence-corrected chi connectivity index (χ4v) is 2.32. The molecule has 108 valence electrons. The maximum absolute atomic E-state index is 13.7. The minimum absolute atomic E-state index is 0.200. The van der Waals surface area contributed by atoms with Gasteiger partial charge in [0.05, 0.1) is 10.5 Å². The Morgan fingerprint density at radius 2 is 2.35 bits per heavy atom. The molecule has 1 aromatic carbocycles. The third kappa shape index (κ3) is 3.11. The molecule has 0 bridgehead atoms. The number of benzene rings is 1. The summed E-state index contributed by atoms with van der Waals surface area (Å²) in [6.07, 6.45) is 2.02. The lowest BCUT2D eigenvalue weighted by molar-refractivity contribution is -0.384. The van der Waals surface area contributed by atoms with Crippen LogP contribution in [0.4, 0.5) is 10.1 Å². The minimum Gasteiger partial charge on any atom is -0.340 e. The molecule has 1 heterocycles. The predicted molar refractivity (Wildman–Crippen MR) is 71.0 cm³/mol. The van der Waals surface area contributed by atoms with E-state index in [4.69, 9.17) is 0 Å². The molecule has 2 rings (SSSR count). The number of nitrogens with one attached hydrogen (secondary N) is 1. The number of carbonyl (C=O) groups excluding carboxylic acids is 1. The van der Waals surface area contributed by atoms with Gasteiger partial charge in [-0.2, -0.15) is 0 Å². The van der Waals surface area contributed by atoms with E-state index in [1.54, 1.807) is 7.05 Å². The summed E-state index contributed by atoms with van der Waals surface area (Å²) in [6.45, 7) is 1.37. The molecule has 0 saturated carbocycles. The molecular formula is C13H16FN3O3. The van der Waals surface area contributed by atoms with E-state index in [2.05, 4.69) is 5.32 Å². The standard InChI is InChI=1S/C13H16FN3O3/c1-16(8-9-3-2-6-15-9)13(18)11-7-10(17(19)20)4-5-12(11)14/h4-5,7,9,15H,2-3,6,8H2,1H3. The third-order valence-electron chi connectivity index (χ3n) is 3.39. The van der Waals surface area contributed by atoms with Crippen molar-refractivity contribution in [2.45, 2.75) is 18.9 Å². The SMILES string of the molecule is CN(CC1CCCN1)C(=O)c1cc([N+](=O)[O-])ccc1F. The van der Waals surface area contributed by atoms with E-state index >= 15 is 0 Å². The van der Waals surface area contributed by atoms with Gasteiger partial charge in [0, 0.05) is 31.8 Å². The van der Waals surface area contributed by atoms with Crippen molar-refractivity contribution in [3.05, 3.63) is 39.7 Å². The van der Waals surface area contributed by atoms with E-state index in [0.29, 0.717) is 6.54 Å². The summed E-state index contributed by atoms with van der Waals surface area (Å²) in [7, 11) is 1.57. The number of nitrogens with zero attached hydrogens (tertiary/aromatic N) is 2. The van der Waals surface area contributed by atoms with Crippen LogP contribution >= 0.6 is 0 Å². The maximum atomic E-state index is 13.7. The summed E-state index contributed by atoms with van der Waals surface area (Å²) in [6, 6.07) is 3.18. The number of carbonyl (C=O) groups is 1. The second-order valence-corrected chi connectivity index (χ2v) is 4.90. The molecule has 1 amide bonds. The first-order chi connectivity index (χ1) is 9.49. The Bertz CT molecular complexity index is 530. The van der Waals surface area contributed by atoms with Crippen molar-refractivity contribution in [2.24, 2.45) is 0 Å². The van der Waals surface area contributed by atoms with Crippen molar-refractivity contribution in [3.63, 3.8) is 0 Å². The largest absolute Gasteiger partial charge is 0.340 e. The number of nitro groups is 1. The average Bonchev–Trinajstić information content (AvgIpc) is 2.91. The molecule has 0 aliphatic carbocycles. The zero-order chi connectivity index (χ0) is 14.7. The number of halogens is 1. The fourth-order valence-electron chi connectivity index (χ4n) is 2.32. The second-order valence-electron chi connectivity index (χ2n) is 4.90. The minimum atomic E-state index is -0.744. The van der Waals surface area contributed by atoms with Crippen molar-refractivity contribution < 1.29 is 14.1 Å². The van der Waals surface area contributed by atoms with Crippen LogP contribution in [0.2, 0.25) is 0 Å². The summed E-state index contributed by atoms with van der Waals surface area (Å²) in [4.78, 5) is 23.6. The van der Waals surface area contributed by atoms with Crippen LogP contribution in [-0.4, -0.2) is 41.9 Å². The summed E-state index contributed by atoms with van der Waals surface area (Å²) >= 11 is 0. The van der Waals surface area contributed by atoms with Gasteiger partial charge in [-0.1, -0.05) is 0 Å². The molecule has 1 aromatic rings. The third-order valence-corrected chi connectivity index (χ3v) is 3.39. The molecule has 1 unspecified atom stereocenters. The quantitative estimate of drug-likeness (QED) is 0.671. The van der Waals surface area contributed by atoms with E-state index in [1.807, 2.05) is 0 Å². The molecule has 20 heavy (non-hydrogen) atoms. The first-order valence-electron chi connectivity index (χ1n) is 6.42. The Balaban J connectivity index is 2.14. The molecule has 1 fully saturated rings. The summed E-state index contributed by atoms with van der Waals surface area (Å²) < 4.78 is 13.7. The van der Waals surface area contributed by atoms with Crippen LogP contribution in [0.15, 0.2) is 18.2 Å². The first-order valence-corrected chi connectivity index (χ1v) is 6.42. The number of likely N-dealkylation sites (N-methyl/N-ethyl adjacent to an activating group) is 1. The molecule has 1 aliphatic heterocycles. The normalized spacial score (nSPS) is 18.0. The zero-order valence-electron chi connectivity index (χ0n) is 11.1. The first kappa shape index (κ1) is 14.4. The Kier molecular flexibility index (Phi) is 4.29. The van der Waals surface area contributed by atoms with Crippen molar-refractivity contribution in [2.75, 3.05) is 20.1 Å². The van der Waals surface area contributed by atoms with Crippen LogP contribution in [0.3, 0.4) is 0 Å². The molecule has 7 heteroatoms. The van der Waals surface area contributed by atoms with Crippen LogP contribution in [-0.2, 0) is 0 Å². The molecule has 6 nitrogen and oxygen atoms in total. The lowest BCUT2D eigenvalue weighted by Gasteiger charge is -2.21. The van der Waals surface area contributed by atoms with Crippen LogP contribution in [0.1, 0.15) is 23.2 Å². The van der Waals surface area contributed by atoms with Crippen LogP contribution < -0.4 is 5.32 Å². The zero-order valence-corrected chi connectivity index (χ0v) is 11.1. The highest BCUT2D eigenvalue weighted by Crippen LogP contribution is 2.18. The molecule has 0 spiro atoms. The Morgan fingerprint density at radius 1 is 1.60 bits per heavy atom. The lowest BCUT2D eigenvalue weighted by Crippen LogP contribution is -2.38. The topological polar surface area (TPSA) is 75.5 Å². The Morgan fingerprint density at radius 3 is 2.95 bits per heavy atom. The summed E-state index contributed by atoms with van der Waals surface area (Å²) in [5, 5.41) is 13.9. The highest BCUT2D eigenvalue weighted by molar-refractivity contribution is 5.95. The number of hydrogen-bond donors (Lipinski definition) is 1. The van der Waals surface area contributed by atoms with E-state index < -0.39 is 16.6 Å². The van der Waals surface area contributed by atoms with E-state index in [1.165, 1.54) is 4.90 Å². The molecule has 0 radical (unpaired) electrons. The number of non-ortho nitro benzene ring substituents is 1. The summed E-state index contributed by atoms with van der Waals surface area (Å²) in [5.41, 5.74) is -0.554. The number of amides is 1. The van der Waals surface area contributed by atoms with Gasteiger partial charge in [-0.15, -0.1) is 0 Å². The average molecular weight is 281 g/mol. The number of rotatable bonds is 4. The predicted octanol–water partition coefficient (Wildman–Crippen LogP) is 1.56. The second kappa shape index (κ2) is 5.96. The van der Waals surface area contributed by atoms with Crippen molar-refractivity contribution in [1.29, 1.82) is 0 Å². The van der Waals surface area contributed by atoms with Gasteiger partial charge in [0.2, 0.25) is 0 Å². The molecular weight excluding hydrogens is 265 g/mol.